The quantitative estimate of drug-likeness (QED) is 0.908. The number of rotatable bonds is 3. The second-order valence-electron chi connectivity index (χ2n) is 6.69. The molecule has 6 nitrogen and oxygen atoms in total. The molecule has 0 aliphatic carbocycles. The van der Waals surface area contributed by atoms with Crippen LogP contribution >= 0.6 is 0 Å². The number of hydrogen-bond donors (Lipinski definition) is 1. The Morgan fingerprint density at radius 1 is 1.45 bits per heavy atom. The summed E-state index contributed by atoms with van der Waals surface area (Å²) in [7, 11) is 3.70. The Morgan fingerprint density at radius 3 is 2.91 bits per heavy atom. The van der Waals surface area contributed by atoms with Gasteiger partial charge in [-0.3, -0.25) is 9.48 Å². The van der Waals surface area contributed by atoms with Crippen molar-refractivity contribution in [2.45, 2.75) is 31.7 Å². The number of carbonyl (C=O) groups is 1. The minimum Gasteiger partial charge on any atom is -0.381 e. The fraction of sp³-hybridized carbons (Fsp3) is 0.750. The number of likely N-dealkylation sites (N-methyl/N-ethyl adjacent to an activating group) is 1. The molecule has 0 saturated carbocycles. The van der Waals surface area contributed by atoms with E-state index in [1.54, 1.807) is 10.9 Å². The monoisotopic (exact) mass is 306 g/mol. The number of carbonyl (C=O) groups excluding carboxylic acids is 1. The van der Waals surface area contributed by atoms with Gasteiger partial charge in [0.05, 0.1) is 12.8 Å². The highest BCUT2D eigenvalue weighted by molar-refractivity contribution is 5.83. The van der Waals surface area contributed by atoms with Gasteiger partial charge in [0.25, 0.3) is 0 Å². The first-order valence-electron chi connectivity index (χ1n) is 8.16. The third-order valence-electron chi connectivity index (χ3n) is 4.97. The van der Waals surface area contributed by atoms with Crippen LogP contribution in [-0.4, -0.2) is 53.9 Å². The fourth-order valence-electron chi connectivity index (χ4n) is 3.83. The smallest absolute Gasteiger partial charge is 0.244 e. The minimum atomic E-state index is -0.312. The van der Waals surface area contributed by atoms with Crippen LogP contribution in [0.15, 0.2) is 12.4 Å². The molecule has 2 fully saturated rings. The molecule has 2 atom stereocenters. The Bertz CT molecular complexity index is 516. The van der Waals surface area contributed by atoms with Gasteiger partial charge in [-0.25, -0.2) is 0 Å². The summed E-state index contributed by atoms with van der Waals surface area (Å²) in [4.78, 5) is 15.0. The Hall–Kier alpha value is -1.40. The lowest BCUT2D eigenvalue weighted by Crippen LogP contribution is -2.51. The minimum absolute atomic E-state index is 0.153. The van der Waals surface area contributed by atoms with Gasteiger partial charge in [0, 0.05) is 43.9 Å². The van der Waals surface area contributed by atoms with E-state index in [1.807, 2.05) is 25.2 Å². The van der Waals surface area contributed by atoms with Gasteiger partial charge in [-0.15, -0.1) is 0 Å². The summed E-state index contributed by atoms with van der Waals surface area (Å²) in [6, 6.07) is -0.312. The molecule has 6 heteroatoms. The van der Waals surface area contributed by atoms with Crippen molar-refractivity contribution in [1.29, 1.82) is 0 Å². The van der Waals surface area contributed by atoms with Gasteiger partial charge >= 0.3 is 0 Å². The largest absolute Gasteiger partial charge is 0.381 e. The molecule has 0 radical (unpaired) electrons. The molecule has 1 spiro atoms. The summed E-state index contributed by atoms with van der Waals surface area (Å²) in [5.41, 5.74) is 1.11. The van der Waals surface area contributed by atoms with Crippen LogP contribution in [0.4, 0.5) is 0 Å². The van der Waals surface area contributed by atoms with E-state index in [2.05, 4.69) is 10.4 Å². The zero-order valence-electron chi connectivity index (χ0n) is 13.5. The lowest BCUT2D eigenvalue weighted by atomic mass is 9.75. The number of ether oxygens (including phenoxy) is 1. The van der Waals surface area contributed by atoms with Crippen molar-refractivity contribution in [1.82, 2.24) is 20.0 Å². The maximum atomic E-state index is 13.0. The predicted molar refractivity (Wildman–Crippen MR) is 83.3 cm³/mol. The number of nitrogens with zero attached hydrogens (tertiary/aromatic N) is 3. The van der Waals surface area contributed by atoms with Crippen molar-refractivity contribution in [2.75, 3.05) is 33.4 Å². The number of nitrogens with one attached hydrogen (secondary N) is 1. The molecule has 1 aromatic heterocycles. The second-order valence-corrected chi connectivity index (χ2v) is 6.69. The van der Waals surface area contributed by atoms with Gasteiger partial charge in [0.2, 0.25) is 5.91 Å². The van der Waals surface area contributed by atoms with E-state index < -0.39 is 0 Å². The predicted octanol–water partition coefficient (Wildman–Crippen LogP) is 1.10. The highest BCUT2D eigenvalue weighted by Crippen LogP contribution is 2.38. The lowest BCUT2D eigenvalue weighted by Gasteiger charge is -2.45. The van der Waals surface area contributed by atoms with Crippen LogP contribution in [0.5, 0.6) is 0 Å². The van der Waals surface area contributed by atoms with Gasteiger partial charge in [-0.1, -0.05) is 0 Å². The first kappa shape index (κ1) is 15.5. The third kappa shape index (κ3) is 3.03. The summed E-state index contributed by atoms with van der Waals surface area (Å²) in [5.74, 6) is 0.153. The molecule has 1 amide bonds. The Kier molecular flexibility index (Phi) is 4.49. The summed E-state index contributed by atoms with van der Waals surface area (Å²) in [6.07, 6.45) is 8.20. The fourth-order valence-corrected chi connectivity index (χ4v) is 3.83. The first-order valence-corrected chi connectivity index (χ1v) is 8.16. The number of piperidine rings is 1. The number of aryl methyl sites for hydroxylation is 1. The SMILES string of the molecule is CNC(C(=O)N1CCCC2(CCCOC2)C1)c1cnn(C)c1. The highest BCUT2D eigenvalue weighted by Gasteiger charge is 2.40. The summed E-state index contributed by atoms with van der Waals surface area (Å²) < 4.78 is 7.43. The van der Waals surface area contributed by atoms with E-state index >= 15 is 0 Å². The number of hydrogen-bond acceptors (Lipinski definition) is 4. The van der Waals surface area contributed by atoms with Crippen molar-refractivity contribution in [2.24, 2.45) is 12.5 Å². The number of likely N-dealkylation sites (tertiary alicyclic amines) is 1. The molecule has 2 aliphatic rings. The molecule has 1 N–H and O–H groups in total. The standard InChI is InChI=1S/C16H26N4O2/c1-17-14(13-9-18-19(2)10-13)15(21)20-7-3-5-16(11-20)6-4-8-22-12-16/h9-10,14,17H,3-8,11-12H2,1-2H3. The van der Waals surface area contributed by atoms with Crippen LogP contribution in [0.3, 0.4) is 0 Å². The Labute approximate surface area is 131 Å². The van der Waals surface area contributed by atoms with Crippen LogP contribution in [0.2, 0.25) is 0 Å². The summed E-state index contributed by atoms with van der Waals surface area (Å²) in [5, 5.41) is 7.33. The number of aromatic nitrogens is 2. The zero-order valence-corrected chi connectivity index (χ0v) is 13.5. The van der Waals surface area contributed by atoms with Crippen molar-refractivity contribution in [3.05, 3.63) is 18.0 Å². The zero-order chi connectivity index (χ0) is 15.6. The molecule has 3 rings (SSSR count). The van der Waals surface area contributed by atoms with Gasteiger partial charge in [-0.2, -0.15) is 5.10 Å². The van der Waals surface area contributed by atoms with E-state index in [0.29, 0.717) is 0 Å². The summed E-state index contributed by atoms with van der Waals surface area (Å²) in [6.45, 7) is 3.34. The van der Waals surface area contributed by atoms with Crippen molar-refractivity contribution >= 4 is 5.91 Å². The molecule has 122 valence electrons. The Balaban J connectivity index is 1.72. The van der Waals surface area contributed by atoms with Gasteiger partial charge < -0.3 is 15.0 Å². The van der Waals surface area contributed by atoms with Gasteiger partial charge in [0.15, 0.2) is 0 Å². The van der Waals surface area contributed by atoms with Crippen LogP contribution in [-0.2, 0) is 16.6 Å². The first-order chi connectivity index (χ1) is 10.6. The van der Waals surface area contributed by atoms with Crippen molar-refractivity contribution in [3.8, 4) is 0 Å². The molecule has 0 aromatic carbocycles. The molecule has 2 unspecified atom stereocenters. The molecule has 1 aromatic rings. The molecule has 22 heavy (non-hydrogen) atoms. The van der Waals surface area contributed by atoms with Crippen LogP contribution < -0.4 is 5.32 Å². The van der Waals surface area contributed by atoms with E-state index in [0.717, 1.165) is 44.7 Å². The molecular weight excluding hydrogens is 280 g/mol. The third-order valence-corrected chi connectivity index (χ3v) is 4.97. The molecule has 2 aliphatic heterocycles. The van der Waals surface area contributed by atoms with E-state index in [-0.39, 0.29) is 17.4 Å². The maximum Gasteiger partial charge on any atom is 0.244 e. The molecule has 3 heterocycles. The highest BCUT2D eigenvalue weighted by atomic mass is 16.5. The molecule has 0 bridgehead atoms. The average Bonchev–Trinajstić information content (AvgIpc) is 2.95. The maximum absolute atomic E-state index is 13.0. The number of amides is 1. The molecule has 2 saturated heterocycles. The van der Waals surface area contributed by atoms with Crippen LogP contribution in [0, 0.1) is 5.41 Å². The second kappa shape index (κ2) is 6.38. The van der Waals surface area contributed by atoms with E-state index in [4.69, 9.17) is 4.74 Å². The Morgan fingerprint density at radius 2 is 2.27 bits per heavy atom. The van der Waals surface area contributed by atoms with Crippen molar-refractivity contribution < 1.29 is 9.53 Å². The van der Waals surface area contributed by atoms with Crippen molar-refractivity contribution in [3.63, 3.8) is 0 Å². The van der Waals surface area contributed by atoms with E-state index in [1.165, 1.54) is 12.8 Å². The molecular formula is C16H26N4O2. The van der Waals surface area contributed by atoms with Gasteiger partial charge in [-0.05, 0) is 32.7 Å². The average molecular weight is 306 g/mol. The van der Waals surface area contributed by atoms with Gasteiger partial charge in [0.1, 0.15) is 6.04 Å². The topological polar surface area (TPSA) is 59.4 Å². The van der Waals surface area contributed by atoms with Crippen LogP contribution in [0.1, 0.15) is 37.3 Å². The lowest BCUT2D eigenvalue weighted by molar-refractivity contribution is -0.140. The normalized spacial score (nSPS) is 27.1. The van der Waals surface area contributed by atoms with Crippen LogP contribution in [0.25, 0.3) is 0 Å². The summed E-state index contributed by atoms with van der Waals surface area (Å²) >= 11 is 0. The van der Waals surface area contributed by atoms with E-state index in [9.17, 15) is 4.79 Å².